The average Bonchev–Trinajstić information content (AvgIpc) is 2.16. The van der Waals surface area contributed by atoms with E-state index >= 15 is 0 Å². The van der Waals surface area contributed by atoms with Gasteiger partial charge >= 0.3 is 0 Å². The number of hydrogen-bond donors (Lipinski definition) is 0. The highest BCUT2D eigenvalue weighted by Gasteiger charge is 2.27. The lowest BCUT2D eigenvalue weighted by molar-refractivity contribution is 0.189. The molecule has 1 saturated carbocycles. The highest BCUT2D eigenvalue weighted by molar-refractivity contribution is 5.05. The molecule has 0 aromatic carbocycles. The second kappa shape index (κ2) is 5.20. The molecule has 1 nitrogen and oxygen atoms in total. The fourth-order valence-electron chi connectivity index (χ4n) is 2.43. The number of hydrogen-bond acceptors (Lipinski definition) is 1. The van der Waals surface area contributed by atoms with E-state index in [9.17, 15) is 0 Å². The van der Waals surface area contributed by atoms with Gasteiger partial charge in [0, 0.05) is 6.08 Å². The summed E-state index contributed by atoms with van der Waals surface area (Å²) in [4.78, 5) is 0. The van der Waals surface area contributed by atoms with E-state index in [-0.39, 0.29) is 0 Å². The van der Waals surface area contributed by atoms with Gasteiger partial charge < -0.3 is 0 Å². The van der Waals surface area contributed by atoms with Gasteiger partial charge in [0.15, 0.2) is 0 Å². The van der Waals surface area contributed by atoms with Gasteiger partial charge in [-0.05, 0) is 42.9 Å². The van der Waals surface area contributed by atoms with Gasteiger partial charge in [-0.25, -0.2) is 0 Å². The number of nitriles is 1. The van der Waals surface area contributed by atoms with E-state index < -0.39 is 0 Å². The van der Waals surface area contributed by atoms with Crippen LogP contribution in [0.3, 0.4) is 0 Å². The Morgan fingerprint density at radius 1 is 1.36 bits per heavy atom. The predicted octanol–water partition coefficient (Wildman–Crippen LogP) is 3.77. The normalized spacial score (nSPS) is 33.5. The molecule has 0 unspecified atom stereocenters. The van der Waals surface area contributed by atoms with Crippen LogP contribution >= 0.6 is 0 Å². The van der Waals surface area contributed by atoms with E-state index in [0.29, 0.717) is 5.92 Å². The van der Waals surface area contributed by atoms with Crippen LogP contribution in [-0.4, -0.2) is 0 Å². The zero-order valence-electron chi connectivity index (χ0n) is 9.53. The van der Waals surface area contributed by atoms with Crippen LogP contribution in [0.25, 0.3) is 0 Å². The molecule has 1 heteroatoms. The first-order valence-electron chi connectivity index (χ1n) is 5.71. The van der Waals surface area contributed by atoms with Crippen LogP contribution in [-0.2, 0) is 0 Å². The molecule has 0 aromatic rings. The number of allylic oxidation sites excluding steroid dienone is 2. The predicted molar refractivity (Wildman–Crippen MR) is 59.6 cm³/mol. The highest BCUT2D eigenvalue weighted by atomic mass is 14.3. The summed E-state index contributed by atoms with van der Waals surface area (Å²) in [6.07, 6.45) is 7.74. The molecule has 0 amide bonds. The second-order valence-corrected chi connectivity index (χ2v) is 4.95. The molecule has 0 N–H and O–H groups in total. The quantitative estimate of drug-likeness (QED) is 0.609. The fraction of sp³-hybridized carbons (Fsp3) is 0.769. The Kier molecular flexibility index (Phi) is 4.20. The maximum Gasteiger partial charge on any atom is 0.0908 e. The van der Waals surface area contributed by atoms with Crippen molar-refractivity contribution < 1.29 is 0 Å². The molecule has 0 aliphatic heterocycles. The van der Waals surface area contributed by atoms with Crippen molar-refractivity contribution in [3.05, 3.63) is 12.2 Å². The molecular weight excluding hydrogens is 170 g/mol. The molecule has 78 valence electrons. The van der Waals surface area contributed by atoms with E-state index in [2.05, 4.69) is 32.9 Å². The van der Waals surface area contributed by atoms with Crippen molar-refractivity contribution >= 4 is 0 Å². The van der Waals surface area contributed by atoms with Crippen LogP contribution in [0.2, 0.25) is 0 Å². The first kappa shape index (κ1) is 11.3. The third-order valence-corrected chi connectivity index (χ3v) is 3.66. The molecule has 0 heterocycles. The molecule has 1 aliphatic rings. The van der Waals surface area contributed by atoms with Crippen LogP contribution in [0, 0.1) is 35.0 Å². The molecule has 1 aliphatic carbocycles. The minimum absolute atomic E-state index is 0.635. The molecular formula is C13H21N. The lowest BCUT2D eigenvalue weighted by Gasteiger charge is -2.34. The number of rotatable bonds is 2. The van der Waals surface area contributed by atoms with E-state index in [0.717, 1.165) is 17.8 Å². The smallest absolute Gasteiger partial charge is 0.0908 e. The SMILES string of the molecule is CC(C)[C@@H]1CC[C@@H](C)[C@@H](C=CC#N)C1. The summed E-state index contributed by atoms with van der Waals surface area (Å²) < 4.78 is 0. The average molecular weight is 191 g/mol. The van der Waals surface area contributed by atoms with Crippen LogP contribution in [0.15, 0.2) is 12.2 Å². The Bertz CT molecular complexity index is 234. The Hall–Kier alpha value is -0.770. The molecule has 0 aromatic heterocycles. The third-order valence-electron chi connectivity index (χ3n) is 3.66. The molecule has 14 heavy (non-hydrogen) atoms. The Morgan fingerprint density at radius 2 is 2.07 bits per heavy atom. The third kappa shape index (κ3) is 2.87. The molecule has 0 saturated heterocycles. The van der Waals surface area contributed by atoms with E-state index in [1.807, 2.05) is 0 Å². The monoisotopic (exact) mass is 191 g/mol. The molecule has 0 bridgehead atoms. The van der Waals surface area contributed by atoms with Gasteiger partial charge in [-0.2, -0.15) is 5.26 Å². The Balaban J connectivity index is 2.56. The van der Waals surface area contributed by atoms with Crippen molar-refractivity contribution in [3.8, 4) is 6.07 Å². The Labute approximate surface area is 87.8 Å². The first-order valence-corrected chi connectivity index (χ1v) is 5.71. The standard InChI is InChI=1S/C13H21N/c1-10(2)12-7-6-11(3)13(9-12)5-4-8-14/h4-5,10-13H,6-7,9H2,1-3H3/t11-,12-,13+/m1/s1. The topological polar surface area (TPSA) is 23.8 Å². The maximum absolute atomic E-state index is 8.52. The lowest BCUT2D eigenvalue weighted by atomic mass is 9.71. The van der Waals surface area contributed by atoms with E-state index in [1.165, 1.54) is 19.3 Å². The van der Waals surface area contributed by atoms with Crippen molar-refractivity contribution in [3.63, 3.8) is 0 Å². The highest BCUT2D eigenvalue weighted by Crippen LogP contribution is 2.37. The van der Waals surface area contributed by atoms with Gasteiger partial charge in [0.25, 0.3) is 0 Å². The van der Waals surface area contributed by atoms with E-state index in [1.54, 1.807) is 6.08 Å². The van der Waals surface area contributed by atoms with Crippen molar-refractivity contribution in [1.82, 2.24) is 0 Å². The Morgan fingerprint density at radius 3 is 2.64 bits per heavy atom. The first-order chi connectivity index (χ1) is 6.65. The maximum atomic E-state index is 8.52. The molecule has 0 spiro atoms. The van der Waals surface area contributed by atoms with Crippen LogP contribution in [0.5, 0.6) is 0 Å². The minimum atomic E-state index is 0.635. The van der Waals surface area contributed by atoms with Crippen molar-refractivity contribution in [2.75, 3.05) is 0 Å². The summed E-state index contributed by atoms with van der Waals surface area (Å²) in [5.74, 6) is 3.05. The zero-order chi connectivity index (χ0) is 10.6. The van der Waals surface area contributed by atoms with Gasteiger partial charge in [-0.15, -0.1) is 0 Å². The summed E-state index contributed by atoms with van der Waals surface area (Å²) in [7, 11) is 0. The van der Waals surface area contributed by atoms with Gasteiger partial charge in [-0.1, -0.05) is 26.8 Å². The minimum Gasteiger partial charge on any atom is -0.193 e. The molecule has 3 atom stereocenters. The number of nitrogens with zero attached hydrogens (tertiary/aromatic N) is 1. The molecule has 0 radical (unpaired) electrons. The summed E-state index contributed by atoms with van der Waals surface area (Å²) >= 11 is 0. The largest absolute Gasteiger partial charge is 0.193 e. The van der Waals surface area contributed by atoms with Gasteiger partial charge in [-0.3, -0.25) is 0 Å². The lowest BCUT2D eigenvalue weighted by Crippen LogP contribution is -2.24. The van der Waals surface area contributed by atoms with Crippen LogP contribution in [0.4, 0.5) is 0 Å². The van der Waals surface area contributed by atoms with Crippen molar-refractivity contribution in [2.45, 2.75) is 40.0 Å². The van der Waals surface area contributed by atoms with Crippen LogP contribution < -0.4 is 0 Å². The fourth-order valence-corrected chi connectivity index (χ4v) is 2.43. The van der Waals surface area contributed by atoms with Gasteiger partial charge in [0.2, 0.25) is 0 Å². The zero-order valence-corrected chi connectivity index (χ0v) is 9.53. The molecule has 1 rings (SSSR count). The van der Waals surface area contributed by atoms with Crippen molar-refractivity contribution in [2.24, 2.45) is 23.7 Å². The van der Waals surface area contributed by atoms with Gasteiger partial charge in [0.1, 0.15) is 0 Å². The van der Waals surface area contributed by atoms with E-state index in [4.69, 9.17) is 5.26 Å². The molecule has 1 fully saturated rings. The summed E-state index contributed by atoms with van der Waals surface area (Å²) in [6, 6.07) is 2.10. The van der Waals surface area contributed by atoms with Crippen molar-refractivity contribution in [1.29, 1.82) is 5.26 Å². The van der Waals surface area contributed by atoms with Crippen LogP contribution in [0.1, 0.15) is 40.0 Å². The summed E-state index contributed by atoms with van der Waals surface area (Å²) in [6.45, 7) is 6.93. The van der Waals surface area contributed by atoms with Gasteiger partial charge in [0.05, 0.1) is 6.07 Å². The second-order valence-electron chi connectivity index (χ2n) is 4.95. The summed E-state index contributed by atoms with van der Waals surface area (Å²) in [5.41, 5.74) is 0. The summed E-state index contributed by atoms with van der Waals surface area (Å²) in [5, 5.41) is 8.52.